The number of aryl methyl sites for hydroxylation is 1. The molecule has 1 aromatic carbocycles. The van der Waals surface area contributed by atoms with Crippen molar-refractivity contribution in [1.29, 1.82) is 0 Å². The maximum Gasteiger partial charge on any atom is 0.328 e. The average molecular weight is 275 g/mol. The zero-order valence-corrected chi connectivity index (χ0v) is 12.4. The van der Waals surface area contributed by atoms with Crippen LogP contribution in [0.3, 0.4) is 0 Å². The van der Waals surface area contributed by atoms with Gasteiger partial charge in [0.05, 0.1) is 0 Å². The number of aliphatic carboxylic acids is 1. The summed E-state index contributed by atoms with van der Waals surface area (Å²) in [6, 6.07) is 5.53. The molecule has 4 nitrogen and oxygen atoms in total. The van der Waals surface area contributed by atoms with Crippen LogP contribution in [0.25, 0.3) is 6.08 Å². The van der Waals surface area contributed by atoms with Crippen LogP contribution in [0.4, 0.5) is 0 Å². The van der Waals surface area contributed by atoms with Crippen LogP contribution in [0.1, 0.15) is 42.3 Å². The van der Waals surface area contributed by atoms with Crippen molar-refractivity contribution < 1.29 is 14.7 Å². The van der Waals surface area contributed by atoms with Gasteiger partial charge in [-0.25, -0.2) is 4.79 Å². The molecule has 1 amide bonds. The topological polar surface area (TPSA) is 57.6 Å². The molecular weight excluding hydrogens is 254 g/mol. The molecule has 0 atom stereocenters. The molecule has 0 aliphatic carbocycles. The molecular formula is C16H21NO3. The van der Waals surface area contributed by atoms with Gasteiger partial charge in [-0.2, -0.15) is 0 Å². The lowest BCUT2D eigenvalue weighted by Gasteiger charge is -2.25. The van der Waals surface area contributed by atoms with E-state index < -0.39 is 5.97 Å². The van der Waals surface area contributed by atoms with Crippen LogP contribution in [-0.4, -0.2) is 34.5 Å². The highest BCUT2D eigenvalue weighted by Gasteiger charge is 2.17. The number of carboxylic acid groups (broad SMARTS) is 1. The zero-order chi connectivity index (χ0) is 15.3. The quantitative estimate of drug-likeness (QED) is 0.840. The summed E-state index contributed by atoms with van der Waals surface area (Å²) in [5.74, 6) is -1.03. The number of carboxylic acids is 1. The van der Waals surface area contributed by atoms with E-state index in [1.54, 1.807) is 11.0 Å². The smallest absolute Gasteiger partial charge is 0.328 e. The van der Waals surface area contributed by atoms with Crippen molar-refractivity contribution in [1.82, 2.24) is 4.90 Å². The molecule has 0 bridgehead atoms. The molecule has 0 aromatic heterocycles. The normalized spacial score (nSPS) is 11.1. The standard InChI is InChI=1S/C16H21NO3/c1-5-17(11(2)3)16(20)14-9-12(4)8-13(10-14)6-7-15(18)19/h6-11H,5H2,1-4H3,(H,18,19)/b7-6+. The van der Waals surface area contributed by atoms with Crippen molar-refractivity contribution in [3.63, 3.8) is 0 Å². The van der Waals surface area contributed by atoms with Crippen molar-refractivity contribution in [3.05, 3.63) is 41.0 Å². The lowest BCUT2D eigenvalue weighted by molar-refractivity contribution is -0.131. The fraction of sp³-hybridized carbons (Fsp3) is 0.375. The largest absolute Gasteiger partial charge is 0.478 e. The highest BCUT2D eigenvalue weighted by molar-refractivity contribution is 5.95. The number of hydrogen-bond donors (Lipinski definition) is 1. The number of carbonyl (C=O) groups is 2. The van der Waals surface area contributed by atoms with E-state index >= 15 is 0 Å². The zero-order valence-electron chi connectivity index (χ0n) is 12.4. The Balaban J connectivity index is 3.12. The van der Waals surface area contributed by atoms with E-state index in [0.29, 0.717) is 12.1 Å². The van der Waals surface area contributed by atoms with Crippen molar-refractivity contribution in [2.45, 2.75) is 33.7 Å². The second-order valence-electron chi connectivity index (χ2n) is 4.99. The Morgan fingerprint density at radius 2 is 1.95 bits per heavy atom. The Morgan fingerprint density at radius 1 is 1.30 bits per heavy atom. The number of hydrogen-bond acceptors (Lipinski definition) is 2. The van der Waals surface area contributed by atoms with E-state index in [1.165, 1.54) is 6.08 Å². The van der Waals surface area contributed by atoms with Gasteiger partial charge in [0.25, 0.3) is 5.91 Å². The van der Waals surface area contributed by atoms with Crippen LogP contribution in [-0.2, 0) is 4.79 Å². The molecule has 0 spiro atoms. The van der Waals surface area contributed by atoms with E-state index in [2.05, 4.69) is 0 Å². The molecule has 0 unspecified atom stereocenters. The third-order valence-corrected chi connectivity index (χ3v) is 2.99. The monoisotopic (exact) mass is 275 g/mol. The van der Waals surface area contributed by atoms with Crippen molar-refractivity contribution >= 4 is 18.0 Å². The lowest BCUT2D eigenvalue weighted by Crippen LogP contribution is -2.36. The maximum absolute atomic E-state index is 12.4. The molecule has 108 valence electrons. The van der Waals surface area contributed by atoms with Gasteiger partial charge in [-0.3, -0.25) is 4.79 Å². The first-order chi connectivity index (χ1) is 9.35. The molecule has 0 heterocycles. The van der Waals surface area contributed by atoms with Gasteiger partial charge in [0.1, 0.15) is 0 Å². The van der Waals surface area contributed by atoms with Gasteiger partial charge in [-0.15, -0.1) is 0 Å². The first kappa shape index (κ1) is 16.0. The Morgan fingerprint density at radius 3 is 2.45 bits per heavy atom. The molecule has 0 fully saturated rings. The highest BCUT2D eigenvalue weighted by Crippen LogP contribution is 2.15. The van der Waals surface area contributed by atoms with Gasteiger partial charge in [-0.05, 0) is 57.0 Å². The number of nitrogens with zero attached hydrogens (tertiary/aromatic N) is 1. The summed E-state index contributed by atoms with van der Waals surface area (Å²) in [4.78, 5) is 24.8. The van der Waals surface area contributed by atoms with E-state index in [9.17, 15) is 9.59 Å². The molecule has 0 saturated carbocycles. The summed E-state index contributed by atoms with van der Waals surface area (Å²) in [5, 5.41) is 8.66. The van der Waals surface area contributed by atoms with Crippen LogP contribution in [0.15, 0.2) is 24.3 Å². The number of amides is 1. The van der Waals surface area contributed by atoms with Gasteiger partial charge in [0.2, 0.25) is 0 Å². The Labute approximate surface area is 119 Å². The molecule has 1 N–H and O–H groups in total. The SMILES string of the molecule is CCN(C(=O)c1cc(C)cc(/C=C/C(=O)O)c1)C(C)C. The Kier molecular flexibility index (Phi) is 5.50. The van der Waals surface area contributed by atoms with Crippen LogP contribution >= 0.6 is 0 Å². The molecule has 0 aliphatic heterocycles. The molecule has 0 aliphatic rings. The van der Waals surface area contributed by atoms with Crippen molar-refractivity contribution in [3.8, 4) is 0 Å². The van der Waals surface area contributed by atoms with E-state index in [4.69, 9.17) is 5.11 Å². The van der Waals surface area contributed by atoms with Gasteiger partial charge < -0.3 is 10.0 Å². The molecule has 20 heavy (non-hydrogen) atoms. The van der Waals surface area contributed by atoms with Gasteiger partial charge in [-0.1, -0.05) is 6.07 Å². The molecule has 0 radical (unpaired) electrons. The second kappa shape index (κ2) is 6.89. The highest BCUT2D eigenvalue weighted by atomic mass is 16.4. The predicted molar refractivity (Wildman–Crippen MR) is 79.7 cm³/mol. The summed E-state index contributed by atoms with van der Waals surface area (Å²) in [6.07, 6.45) is 2.57. The van der Waals surface area contributed by atoms with Crippen LogP contribution in [0, 0.1) is 6.92 Å². The molecule has 1 rings (SSSR count). The third kappa shape index (κ3) is 4.23. The summed E-state index contributed by atoms with van der Waals surface area (Å²) >= 11 is 0. The van der Waals surface area contributed by atoms with Crippen molar-refractivity contribution in [2.75, 3.05) is 6.54 Å². The van der Waals surface area contributed by atoms with E-state index in [-0.39, 0.29) is 11.9 Å². The first-order valence-corrected chi connectivity index (χ1v) is 6.68. The molecule has 0 saturated heterocycles. The summed E-state index contributed by atoms with van der Waals surface area (Å²) < 4.78 is 0. The fourth-order valence-corrected chi connectivity index (χ4v) is 2.11. The predicted octanol–water partition coefficient (Wildman–Crippen LogP) is 2.96. The van der Waals surface area contributed by atoms with Crippen molar-refractivity contribution in [2.24, 2.45) is 0 Å². The maximum atomic E-state index is 12.4. The van der Waals surface area contributed by atoms with Gasteiger partial charge in [0, 0.05) is 24.2 Å². The molecule has 1 aromatic rings. The summed E-state index contributed by atoms with van der Waals surface area (Å²) in [7, 11) is 0. The third-order valence-electron chi connectivity index (χ3n) is 2.99. The minimum Gasteiger partial charge on any atom is -0.478 e. The lowest BCUT2D eigenvalue weighted by atomic mass is 10.0. The van der Waals surface area contributed by atoms with Crippen LogP contribution < -0.4 is 0 Å². The van der Waals surface area contributed by atoms with Gasteiger partial charge >= 0.3 is 5.97 Å². The Bertz CT molecular complexity index is 533. The number of carbonyl (C=O) groups excluding carboxylic acids is 1. The minimum atomic E-state index is -1.00. The first-order valence-electron chi connectivity index (χ1n) is 6.68. The van der Waals surface area contributed by atoms with Crippen LogP contribution in [0.5, 0.6) is 0 Å². The van der Waals surface area contributed by atoms with Gasteiger partial charge in [0.15, 0.2) is 0 Å². The summed E-state index contributed by atoms with van der Waals surface area (Å²) in [6.45, 7) is 8.43. The second-order valence-corrected chi connectivity index (χ2v) is 4.99. The minimum absolute atomic E-state index is 0.0313. The van der Waals surface area contributed by atoms with E-state index in [1.807, 2.05) is 39.8 Å². The van der Waals surface area contributed by atoms with E-state index in [0.717, 1.165) is 17.2 Å². The number of rotatable bonds is 5. The molecule has 4 heteroatoms. The Hall–Kier alpha value is -2.10. The number of benzene rings is 1. The fourth-order valence-electron chi connectivity index (χ4n) is 2.11. The summed E-state index contributed by atoms with van der Waals surface area (Å²) in [5.41, 5.74) is 2.24. The van der Waals surface area contributed by atoms with Crippen LogP contribution in [0.2, 0.25) is 0 Å². The average Bonchev–Trinajstić information content (AvgIpc) is 2.36.